The Balaban J connectivity index is 0.00000157. The van der Waals surface area contributed by atoms with E-state index in [1.165, 1.54) is 12.8 Å². The molecular weight excluding hydrogens is 510 g/mol. The molecule has 0 aliphatic carbocycles. The fraction of sp³-hybridized carbons (Fsp3) is 0.485. The van der Waals surface area contributed by atoms with E-state index in [4.69, 9.17) is 4.99 Å². The summed E-state index contributed by atoms with van der Waals surface area (Å²) in [7, 11) is 0. The molecule has 2 aliphatic heterocycles. The number of piperidine rings is 1. The van der Waals surface area contributed by atoms with Gasteiger partial charge in [0.15, 0.2) is 0 Å². The van der Waals surface area contributed by atoms with Crippen LogP contribution in [0.4, 0.5) is 0 Å². The van der Waals surface area contributed by atoms with Crippen molar-refractivity contribution in [2.24, 2.45) is 21.0 Å². The molecule has 8 nitrogen and oxygen atoms in total. The Hall–Kier alpha value is -3.83. The average Bonchev–Trinajstić information content (AvgIpc) is 3.00. The fourth-order valence-corrected chi connectivity index (χ4v) is 4.40. The molecule has 222 valence electrons. The number of nitrogens with zero attached hydrogens (tertiary/aromatic N) is 6. The number of amidine groups is 1. The van der Waals surface area contributed by atoms with Crippen LogP contribution in [0.3, 0.4) is 0 Å². The standard InChI is InChI=1S/C28H41N7O.C3H4.C2H4/c1-5-34(6-2)31-18-20-35-19-14-26(36)28(33-35)23(4)22(3)9-7-8-10-27-30-17-13-25(32-27)21-24-11-15-29-16-12-24;1-3-2;1-2/h7-10,14,17-19,23-25,29H,3,5-6,11-13,15-16,20-21H2,1-2,4H3;1H,2H3;1-2H2/b9-7-,10-8+,31-18-;;. The molecule has 0 radical (unpaired) electrons. The lowest BCUT2D eigenvalue weighted by atomic mass is 9.90. The minimum atomic E-state index is -0.200. The van der Waals surface area contributed by atoms with Crippen molar-refractivity contribution < 1.29 is 0 Å². The number of hydrazone groups is 1. The first kappa shape index (κ1) is 35.2. The first-order chi connectivity index (χ1) is 19.9. The Morgan fingerprint density at radius 3 is 2.63 bits per heavy atom. The van der Waals surface area contributed by atoms with Gasteiger partial charge in [-0.25, -0.2) is 4.99 Å². The van der Waals surface area contributed by atoms with Gasteiger partial charge in [0.05, 0.1) is 12.6 Å². The molecule has 1 fully saturated rings. The number of terminal acetylenes is 1. The van der Waals surface area contributed by atoms with Crippen molar-refractivity contribution in [3.63, 3.8) is 0 Å². The summed E-state index contributed by atoms with van der Waals surface area (Å²) < 4.78 is 1.73. The van der Waals surface area contributed by atoms with E-state index < -0.39 is 0 Å². The van der Waals surface area contributed by atoms with E-state index in [9.17, 15) is 4.79 Å². The number of aromatic nitrogens is 2. The van der Waals surface area contributed by atoms with Crippen molar-refractivity contribution in [1.82, 2.24) is 20.1 Å². The molecule has 2 unspecified atom stereocenters. The molecule has 0 amide bonds. The Morgan fingerprint density at radius 2 is 1.98 bits per heavy atom. The van der Waals surface area contributed by atoms with Gasteiger partial charge in [-0.05, 0) is 70.7 Å². The highest BCUT2D eigenvalue weighted by Gasteiger charge is 2.19. The van der Waals surface area contributed by atoms with Crippen molar-refractivity contribution in [3.8, 4) is 12.3 Å². The highest BCUT2D eigenvalue weighted by Crippen LogP contribution is 2.22. The number of allylic oxidation sites excluding steroid dienone is 4. The molecule has 1 N–H and O–H groups in total. The molecule has 0 saturated carbocycles. The van der Waals surface area contributed by atoms with Crippen LogP contribution < -0.4 is 10.7 Å². The van der Waals surface area contributed by atoms with Crippen LogP contribution in [0.15, 0.2) is 81.8 Å². The molecule has 0 aromatic carbocycles. The maximum atomic E-state index is 12.5. The molecule has 3 heterocycles. The zero-order valence-corrected chi connectivity index (χ0v) is 25.5. The summed E-state index contributed by atoms with van der Waals surface area (Å²) in [6, 6.07) is 1.88. The monoisotopic (exact) mass is 559 g/mol. The molecule has 41 heavy (non-hydrogen) atoms. The molecule has 1 aromatic rings. The summed E-state index contributed by atoms with van der Waals surface area (Å²) in [4.78, 5) is 21.7. The van der Waals surface area contributed by atoms with E-state index in [0.717, 1.165) is 56.3 Å². The molecule has 8 heteroatoms. The maximum Gasteiger partial charge on any atom is 0.203 e. The summed E-state index contributed by atoms with van der Waals surface area (Å²) in [5.41, 5.74) is 1.21. The van der Waals surface area contributed by atoms with Gasteiger partial charge in [0.2, 0.25) is 5.43 Å². The fourth-order valence-electron chi connectivity index (χ4n) is 4.40. The van der Waals surface area contributed by atoms with E-state index >= 15 is 0 Å². The highest BCUT2D eigenvalue weighted by atomic mass is 16.1. The smallest absolute Gasteiger partial charge is 0.203 e. The van der Waals surface area contributed by atoms with Crippen LogP contribution in [0, 0.1) is 18.3 Å². The summed E-state index contributed by atoms with van der Waals surface area (Å²) >= 11 is 0. The number of rotatable bonds is 12. The Labute approximate surface area is 247 Å². The van der Waals surface area contributed by atoms with Crippen molar-refractivity contribution in [2.45, 2.75) is 71.9 Å². The molecular formula is C33H49N7O. The predicted octanol–water partition coefficient (Wildman–Crippen LogP) is 5.42. The van der Waals surface area contributed by atoms with E-state index in [1.54, 1.807) is 23.9 Å². The second kappa shape index (κ2) is 21.0. The third-order valence-electron chi connectivity index (χ3n) is 6.74. The SMILES string of the molecule is C#CC.C=C.C=C(/C=C\C=C\C1=NC(CC2CCNCC2)CC=N1)C(C)c1nn(C/C=N\N(CC)CC)ccc1=O. The van der Waals surface area contributed by atoms with Crippen LogP contribution in [0.25, 0.3) is 0 Å². The van der Waals surface area contributed by atoms with Crippen molar-refractivity contribution in [2.75, 3.05) is 26.2 Å². The Bertz CT molecular complexity index is 1160. The van der Waals surface area contributed by atoms with Gasteiger partial charge in [0.25, 0.3) is 0 Å². The molecule has 1 saturated heterocycles. The van der Waals surface area contributed by atoms with Gasteiger partial charge in [-0.1, -0.05) is 31.7 Å². The van der Waals surface area contributed by atoms with Gasteiger partial charge in [0.1, 0.15) is 11.5 Å². The van der Waals surface area contributed by atoms with Gasteiger partial charge >= 0.3 is 0 Å². The Morgan fingerprint density at radius 1 is 1.29 bits per heavy atom. The summed E-state index contributed by atoms with van der Waals surface area (Å²) in [6.45, 7) is 22.3. The number of hydrogen-bond acceptors (Lipinski definition) is 7. The normalized spacial score (nSPS) is 17.7. The van der Waals surface area contributed by atoms with Crippen LogP contribution in [-0.4, -0.2) is 65.3 Å². The Kier molecular flexibility index (Phi) is 18.0. The molecule has 1 aromatic heterocycles. The second-order valence-electron chi connectivity index (χ2n) is 9.65. The van der Waals surface area contributed by atoms with Crippen LogP contribution in [-0.2, 0) is 6.54 Å². The summed E-state index contributed by atoms with van der Waals surface area (Å²) in [5.74, 6) is 3.57. The molecule has 0 spiro atoms. The van der Waals surface area contributed by atoms with Gasteiger partial charge in [-0.2, -0.15) is 10.2 Å². The quantitative estimate of drug-likeness (QED) is 0.122. The van der Waals surface area contributed by atoms with Gasteiger partial charge in [-0.3, -0.25) is 19.5 Å². The lowest BCUT2D eigenvalue weighted by molar-refractivity contribution is 0.322. The lowest BCUT2D eigenvalue weighted by Gasteiger charge is -2.25. The maximum absolute atomic E-state index is 12.5. The average molecular weight is 560 g/mol. The van der Waals surface area contributed by atoms with Crippen molar-refractivity contribution in [1.29, 1.82) is 0 Å². The number of aliphatic imine (C=N–C) groups is 2. The van der Waals surface area contributed by atoms with E-state index in [0.29, 0.717) is 18.3 Å². The van der Waals surface area contributed by atoms with Gasteiger partial charge in [-0.15, -0.1) is 25.5 Å². The number of nitrogens with one attached hydrogen (secondary N) is 1. The second-order valence-corrected chi connectivity index (χ2v) is 9.65. The zero-order chi connectivity index (χ0) is 30.5. The van der Waals surface area contributed by atoms with E-state index in [-0.39, 0.29) is 11.3 Å². The largest absolute Gasteiger partial charge is 0.317 e. The summed E-state index contributed by atoms with van der Waals surface area (Å²) in [5, 5.41) is 14.4. The third kappa shape index (κ3) is 13.4. The highest BCUT2D eigenvalue weighted by molar-refractivity contribution is 5.99. The molecule has 2 atom stereocenters. The lowest BCUT2D eigenvalue weighted by Crippen LogP contribution is -2.30. The molecule has 3 rings (SSSR count). The minimum absolute atomic E-state index is 0.0878. The van der Waals surface area contributed by atoms with Crippen LogP contribution in [0.2, 0.25) is 0 Å². The van der Waals surface area contributed by atoms with Crippen LogP contribution >= 0.6 is 0 Å². The van der Waals surface area contributed by atoms with Crippen molar-refractivity contribution in [3.05, 3.63) is 77.8 Å². The van der Waals surface area contributed by atoms with Gasteiger partial charge in [0, 0.05) is 50.1 Å². The van der Waals surface area contributed by atoms with Crippen LogP contribution in [0.5, 0.6) is 0 Å². The third-order valence-corrected chi connectivity index (χ3v) is 6.74. The summed E-state index contributed by atoms with van der Waals surface area (Å²) in [6.07, 6.45) is 22.3. The topological polar surface area (TPSA) is 87.2 Å². The van der Waals surface area contributed by atoms with E-state index in [2.05, 4.69) is 66.4 Å². The first-order valence-electron chi connectivity index (χ1n) is 14.5. The zero-order valence-electron chi connectivity index (χ0n) is 25.5. The van der Waals surface area contributed by atoms with Crippen LogP contribution in [0.1, 0.15) is 65.0 Å². The van der Waals surface area contributed by atoms with E-state index in [1.807, 2.05) is 48.7 Å². The van der Waals surface area contributed by atoms with Crippen molar-refractivity contribution >= 4 is 18.3 Å². The minimum Gasteiger partial charge on any atom is -0.317 e. The molecule has 0 bridgehead atoms. The first-order valence-corrected chi connectivity index (χ1v) is 14.5. The molecule has 2 aliphatic rings. The number of hydrogen-bond donors (Lipinski definition) is 1. The van der Waals surface area contributed by atoms with Gasteiger partial charge < -0.3 is 5.32 Å². The predicted molar refractivity (Wildman–Crippen MR) is 176 cm³/mol.